The van der Waals surface area contributed by atoms with Gasteiger partial charge < -0.3 is 14.8 Å². The zero-order valence-electron chi connectivity index (χ0n) is 10.2. The molecule has 2 rings (SSSR count). The first-order valence-electron chi connectivity index (χ1n) is 5.70. The first-order valence-corrected chi connectivity index (χ1v) is 5.70. The molecule has 1 aromatic rings. The highest BCUT2D eigenvalue weighted by atomic mass is 16.4. The van der Waals surface area contributed by atoms with E-state index in [1.54, 1.807) is 6.26 Å². The zero-order chi connectivity index (χ0) is 12.5. The van der Waals surface area contributed by atoms with Gasteiger partial charge in [-0.15, -0.1) is 0 Å². The fraction of sp³-hybridized carbons (Fsp3) is 0.583. The molecular weight excluding hydrogens is 220 g/mol. The predicted octanol–water partition coefficient (Wildman–Crippen LogP) is 0.837. The van der Waals surface area contributed by atoms with Crippen LogP contribution in [0.2, 0.25) is 0 Å². The molecule has 2 N–H and O–H groups in total. The van der Waals surface area contributed by atoms with Crippen molar-refractivity contribution < 1.29 is 14.3 Å². The summed E-state index contributed by atoms with van der Waals surface area (Å²) in [7, 11) is 1.97. The average molecular weight is 238 g/mol. The number of hydrogen-bond donors (Lipinski definition) is 2. The molecule has 0 aliphatic carbocycles. The van der Waals surface area contributed by atoms with Crippen molar-refractivity contribution in [1.29, 1.82) is 0 Å². The number of rotatable bonds is 5. The van der Waals surface area contributed by atoms with Crippen LogP contribution in [-0.2, 0) is 11.3 Å². The Kier molecular flexibility index (Phi) is 3.22. The molecule has 0 bridgehead atoms. The summed E-state index contributed by atoms with van der Waals surface area (Å²) in [5, 5.41) is 12.1. The van der Waals surface area contributed by atoms with Crippen LogP contribution in [0.25, 0.3) is 0 Å². The third kappa shape index (κ3) is 2.35. The van der Waals surface area contributed by atoms with E-state index >= 15 is 0 Å². The summed E-state index contributed by atoms with van der Waals surface area (Å²) < 4.78 is 5.25. The Balaban J connectivity index is 2.05. The average Bonchev–Trinajstić information content (AvgIpc) is 2.58. The van der Waals surface area contributed by atoms with Gasteiger partial charge in [0.1, 0.15) is 5.76 Å². The number of nitrogens with zero attached hydrogens (tertiary/aromatic N) is 1. The van der Waals surface area contributed by atoms with Crippen LogP contribution in [0, 0.1) is 6.92 Å². The van der Waals surface area contributed by atoms with Crippen molar-refractivity contribution >= 4 is 5.97 Å². The van der Waals surface area contributed by atoms with Crippen LogP contribution in [0.4, 0.5) is 0 Å². The van der Waals surface area contributed by atoms with Crippen LogP contribution in [0.3, 0.4) is 0 Å². The number of nitrogens with one attached hydrogen (secondary N) is 1. The number of carbonyl (C=O) groups is 1. The molecule has 1 fully saturated rings. The smallest absolute Gasteiger partial charge is 0.305 e. The van der Waals surface area contributed by atoms with Gasteiger partial charge in [-0.05, 0) is 20.0 Å². The Morgan fingerprint density at radius 2 is 2.35 bits per heavy atom. The minimum absolute atomic E-state index is 0.174. The highest BCUT2D eigenvalue weighted by Crippen LogP contribution is 2.26. The molecule has 17 heavy (non-hydrogen) atoms. The summed E-state index contributed by atoms with van der Waals surface area (Å²) in [5.41, 5.74) is 0.861. The van der Waals surface area contributed by atoms with Gasteiger partial charge in [-0.2, -0.15) is 0 Å². The molecule has 1 aliphatic rings. The van der Waals surface area contributed by atoms with E-state index in [2.05, 4.69) is 10.2 Å². The lowest BCUT2D eigenvalue weighted by Gasteiger charge is -2.48. The molecule has 0 atom stereocenters. The summed E-state index contributed by atoms with van der Waals surface area (Å²) in [6.45, 7) is 4.10. The van der Waals surface area contributed by atoms with Crippen LogP contribution in [0.5, 0.6) is 0 Å². The Bertz CT molecular complexity index is 410. The molecule has 0 saturated carbocycles. The standard InChI is InChI=1S/C12H18N2O3/c1-9-10(3-4-17-9)6-14(2)12(5-11(15)16)7-13-8-12/h3-4,13H,5-8H2,1-2H3,(H,15,16). The number of hydrogen-bond acceptors (Lipinski definition) is 4. The molecule has 5 nitrogen and oxygen atoms in total. The molecule has 94 valence electrons. The fourth-order valence-corrected chi connectivity index (χ4v) is 2.22. The lowest BCUT2D eigenvalue weighted by molar-refractivity contribution is -0.141. The maximum absolute atomic E-state index is 10.9. The monoisotopic (exact) mass is 238 g/mol. The van der Waals surface area contributed by atoms with E-state index in [4.69, 9.17) is 9.52 Å². The summed E-state index contributed by atoms with van der Waals surface area (Å²) in [5.74, 6) is 0.150. The lowest BCUT2D eigenvalue weighted by atomic mass is 9.86. The maximum Gasteiger partial charge on any atom is 0.305 e. The number of carboxylic acids is 1. The first kappa shape index (κ1) is 12.1. The Hall–Kier alpha value is -1.33. The van der Waals surface area contributed by atoms with E-state index in [1.165, 1.54) is 0 Å². The highest BCUT2D eigenvalue weighted by molar-refractivity contribution is 5.68. The zero-order valence-corrected chi connectivity index (χ0v) is 10.2. The minimum atomic E-state index is -0.748. The van der Waals surface area contributed by atoms with Gasteiger partial charge >= 0.3 is 5.97 Å². The van der Waals surface area contributed by atoms with E-state index in [0.29, 0.717) is 0 Å². The van der Waals surface area contributed by atoms with Crippen LogP contribution in [-0.4, -0.2) is 41.7 Å². The number of likely N-dealkylation sites (N-methyl/N-ethyl adjacent to an activating group) is 1. The summed E-state index contributed by atoms with van der Waals surface area (Å²) in [6.07, 6.45) is 1.84. The van der Waals surface area contributed by atoms with Gasteiger partial charge in [-0.3, -0.25) is 9.69 Å². The van der Waals surface area contributed by atoms with Crippen molar-refractivity contribution in [3.8, 4) is 0 Å². The number of furan rings is 1. The third-order valence-corrected chi connectivity index (χ3v) is 3.57. The Morgan fingerprint density at radius 1 is 1.65 bits per heavy atom. The van der Waals surface area contributed by atoms with Gasteiger partial charge in [-0.25, -0.2) is 0 Å². The Morgan fingerprint density at radius 3 is 2.76 bits per heavy atom. The molecular formula is C12H18N2O3. The summed E-state index contributed by atoms with van der Waals surface area (Å²) in [6, 6.07) is 1.94. The second-order valence-corrected chi connectivity index (χ2v) is 4.76. The van der Waals surface area contributed by atoms with E-state index in [0.717, 1.165) is 31.0 Å². The highest BCUT2D eigenvalue weighted by Gasteiger charge is 2.42. The van der Waals surface area contributed by atoms with Gasteiger partial charge in [0, 0.05) is 25.2 Å². The molecule has 0 radical (unpaired) electrons. The van der Waals surface area contributed by atoms with Gasteiger partial charge in [0.25, 0.3) is 0 Å². The van der Waals surface area contributed by atoms with E-state index in [9.17, 15) is 4.79 Å². The molecule has 0 aromatic carbocycles. The van der Waals surface area contributed by atoms with Gasteiger partial charge in [0.15, 0.2) is 0 Å². The van der Waals surface area contributed by atoms with Crippen molar-refractivity contribution in [2.75, 3.05) is 20.1 Å². The van der Waals surface area contributed by atoms with Crippen LogP contribution in [0.15, 0.2) is 16.7 Å². The summed E-state index contributed by atoms with van der Waals surface area (Å²) in [4.78, 5) is 13.0. The van der Waals surface area contributed by atoms with Crippen molar-refractivity contribution in [2.45, 2.75) is 25.4 Å². The molecule has 0 spiro atoms. The molecule has 2 heterocycles. The normalized spacial score (nSPS) is 18.1. The van der Waals surface area contributed by atoms with Crippen LogP contribution in [0.1, 0.15) is 17.7 Å². The van der Waals surface area contributed by atoms with Gasteiger partial charge in [-0.1, -0.05) is 0 Å². The molecule has 5 heteroatoms. The first-order chi connectivity index (χ1) is 8.03. The fourth-order valence-electron chi connectivity index (χ4n) is 2.22. The van der Waals surface area contributed by atoms with Crippen molar-refractivity contribution in [3.05, 3.63) is 23.7 Å². The third-order valence-electron chi connectivity index (χ3n) is 3.57. The quantitative estimate of drug-likeness (QED) is 0.795. The number of aliphatic carboxylic acids is 1. The minimum Gasteiger partial charge on any atom is -0.481 e. The van der Waals surface area contributed by atoms with E-state index in [1.807, 2.05) is 20.0 Å². The molecule has 0 unspecified atom stereocenters. The summed E-state index contributed by atoms with van der Waals surface area (Å²) >= 11 is 0. The molecule has 1 saturated heterocycles. The van der Waals surface area contributed by atoms with Crippen molar-refractivity contribution in [1.82, 2.24) is 10.2 Å². The largest absolute Gasteiger partial charge is 0.481 e. The molecule has 1 aliphatic heterocycles. The number of carboxylic acid groups (broad SMARTS) is 1. The Labute approximate surface area is 100 Å². The van der Waals surface area contributed by atoms with E-state index in [-0.39, 0.29) is 12.0 Å². The van der Waals surface area contributed by atoms with Gasteiger partial charge in [0.05, 0.1) is 18.2 Å². The lowest BCUT2D eigenvalue weighted by Crippen LogP contribution is -2.68. The molecule has 0 amide bonds. The molecule has 1 aromatic heterocycles. The van der Waals surface area contributed by atoms with Crippen molar-refractivity contribution in [2.24, 2.45) is 0 Å². The maximum atomic E-state index is 10.9. The van der Waals surface area contributed by atoms with Gasteiger partial charge in [0.2, 0.25) is 0 Å². The van der Waals surface area contributed by atoms with Crippen LogP contribution >= 0.6 is 0 Å². The van der Waals surface area contributed by atoms with Crippen molar-refractivity contribution in [3.63, 3.8) is 0 Å². The topological polar surface area (TPSA) is 65.7 Å². The number of aryl methyl sites for hydroxylation is 1. The SMILES string of the molecule is Cc1occc1CN(C)C1(CC(=O)O)CNC1. The van der Waals surface area contributed by atoms with E-state index < -0.39 is 5.97 Å². The second-order valence-electron chi connectivity index (χ2n) is 4.76. The predicted molar refractivity (Wildman–Crippen MR) is 62.8 cm³/mol. The second kappa shape index (κ2) is 4.50. The van der Waals surface area contributed by atoms with Crippen LogP contribution < -0.4 is 5.32 Å².